The Balaban J connectivity index is 0.908. The first kappa shape index (κ1) is 30.8. The van der Waals surface area contributed by atoms with E-state index < -0.39 is 0 Å². The van der Waals surface area contributed by atoms with Crippen LogP contribution in [0.15, 0.2) is 170 Å². The Morgan fingerprint density at radius 3 is 1.00 bits per heavy atom. The lowest BCUT2D eigenvalue weighted by molar-refractivity contribution is 1.66. The molecule has 252 valence electrons. The Bertz CT molecular complexity index is 3130. The molecular weight excluding hydrogens is 729 g/mol. The quantitative estimate of drug-likeness (QED) is 0.168. The Labute approximate surface area is 327 Å². The van der Waals surface area contributed by atoms with Gasteiger partial charge in [-0.1, -0.05) is 84.9 Å². The van der Waals surface area contributed by atoms with Gasteiger partial charge in [0.15, 0.2) is 0 Å². The van der Waals surface area contributed by atoms with Crippen LogP contribution in [0.3, 0.4) is 0 Å². The normalized spacial score (nSPS) is 12.1. The maximum absolute atomic E-state index is 2.41. The summed E-state index contributed by atoms with van der Waals surface area (Å²) >= 11 is 7.56. The molecule has 0 atom stereocenters. The summed E-state index contributed by atoms with van der Waals surface area (Å²) in [5.41, 5.74) is 7.62. The summed E-state index contributed by atoms with van der Waals surface area (Å²) in [4.78, 5) is 2.63. The lowest BCUT2D eigenvalue weighted by Crippen LogP contribution is -1.77. The molecule has 0 N–H and O–H groups in total. The monoisotopic (exact) mass is 756 g/mol. The maximum atomic E-state index is 2.41. The van der Waals surface area contributed by atoms with Crippen LogP contribution in [0.25, 0.3) is 114 Å². The molecular formula is C50H28S4. The van der Waals surface area contributed by atoms with Gasteiger partial charge in [0.25, 0.3) is 0 Å². The summed E-state index contributed by atoms with van der Waals surface area (Å²) in [5.74, 6) is 0. The number of hydrogen-bond acceptors (Lipinski definition) is 4. The minimum atomic E-state index is 1.26. The summed E-state index contributed by atoms with van der Waals surface area (Å²) in [6.07, 6.45) is 0. The molecule has 4 heterocycles. The highest BCUT2D eigenvalue weighted by Crippen LogP contribution is 2.44. The fraction of sp³-hybridized carbons (Fsp3) is 0. The molecule has 12 rings (SSSR count). The zero-order valence-corrected chi connectivity index (χ0v) is 32.1. The van der Waals surface area contributed by atoms with Crippen molar-refractivity contribution in [2.45, 2.75) is 0 Å². The molecule has 4 aromatic heterocycles. The SMILES string of the molecule is c1ccc(-c2ccc3sc4ccc(-c5cc6cc7cc8sc(-c9ccc%10sc%11ccc(-c%12ccccc%12)cc%11c%10c9)cc8cc7cc6s5)cc4c3c2)cc1. The predicted octanol–water partition coefficient (Wildman–Crippen LogP) is 16.7. The van der Waals surface area contributed by atoms with Gasteiger partial charge in [0.05, 0.1) is 0 Å². The highest BCUT2D eigenvalue weighted by molar-refractivity contribution is 7.26. The third-order valence-corrected chi connectivity index (χ3v) is 15.4. The van der Waals surface area contributed by atoms with E-state index in [1.165, 1.54) is 114 Å². The van der Waals surface area contributed by atoms with Crippen LogP contribution in [0.2, 0.25) is 0 Å². The summed E-state index contributed by atoms with van der Waals surface area (Å²) in [5, 5.41) is 10.6. The van der Waals surface area contributed by atoms with Crippen LogP contribution in [0.4, 0.5) is 0 Å². The van der Waals surface area contributed by atoms with Crippen molar-refractivity contribution >= 4 is 117 Å². The van der Waals surface area contributed by atoms with Gasteiger partial charge in [0.2, 0.25) is 0 Å². The molecule has 8 aromatic carbocycles. The fourth-order valence-electron chi connectivity index (χ4n) is 8.09. The second-order valence-electron chi connectivity index (χ2n) is 14.1. The smallest absolute Gasteiger partial charge is 0.0355 e. The van der Waals surface area contributed by atoms with Crippen molar-refractivity contribution in [1.82, 2.24) is 0 Å². The van der Waals surface area contributed by atoms with E-state index in [-0.39, 0.29) is 0 Å². The van der Waals surface area contributed by atoms with Crippen LogP contribution in [-0.2, 0) is 0 Å². The first-order chi connectivity index (χ1) is 26.7. The van der Waals surface area contributed by atoms with Crippen LogP contribution in [0.1, 0.15) is 0 Å². The first-order valence-corrected chi connectivity index (χ1v) is 21.4. The molecule has 0 aliphatic heterocycles. The molecule has 0 aliphatic rings. The van der Waals surface area contributed by atoms with Gasteiger partial charge in [-0.15, -0.1) is 45.3 Å². The van der Waals surface area contributed by atoms with Crippen molar-refractivity contribution in [3.63, 3.8) is 0 Å². The zero-order valence-electron chi connectivity index (χ0n) is 28.8. The fourth-order valence-corrected chi connectivity index (χ4v) is 12.4. The first-order valence-electron chi connectivity index (χ1n) is 18.1. The molecule has 0 spiro atoms. The van der Waals surface area contributed by atoms with Gasteiger partial charge in [-0.05, 0) is 140 Å². The minimum Gasteiger partial charge on any atom is -0.135 e. The number of fused-ring (bicyclic) bond motifs is 9. The second kappa shape index (κ2) is 11.9. The van der Waals surface area contributed by atoms with E-state index in [0.717, 1.165) is 0 Å². The molecule has 54 heavy (non-hydrogen) atoms. The van der Waals surface area contributed by atoms with Gasteiger partial charge in [-0.3, -0.25) is 0 Å². The van der Waals surface area contributed by atoms with Crippen molar-refractivity contribution in [3.8, 4) is 43.1 Å². The molecule has 0 bridgehead atoms. The molecule has 0 amide bonds. The molecule has 0 radical (unpaired) electrons. The lowest BCUT2D eigenvalue weighted by Gasteiger charge is -2.02. The summed E-state index contributed by atoms with van der Waals surface area (Å²) < 4.78 is 8.02. The lowest BCUT2D eigenvalue weighted by atomic mass is 10.0. The molecule has 0 saturated heterocycles. The number of benzene rings is 8. The Hall–Kier alpha value is -5.62. The second-order valence-corrected chi connectivity index (χ2v) is 18.5. The van der Waals surface area contributed by atoms with Crippen molar-refractivity contribution in [1.29, 1.82) is 0 Å². The standard InChI is InChI=1S/C50H28S4/c1-3-7-29(8-4-1)31-11-15-43-39(21-31)41-23-33(13-17-45(41)51-43)47-27-37-19-35-26-50-38(20-36(35)25-49(37)53-47)28-48(54-50)34-14-18-46-42(24-34)40-22-32(12-16-44(40)52-46)30-9-5-2-6-10-30/h1-28H. The van der Waals surface area contributed by atoms with Gasteiger partial charge in [0, 0.05) is 59.5 Å². The van der Waals surface area contributed by atoms with Crippen LogP contribution in [-0.4, -0.2) is 0 Å². The summed E-state index contributed by atoms with van der Waals surface area (Å²) in [7, 11) is 0. The number of rotatable bonds is 4. The predicted molar refractivity (Wildman–Crippen MR) is 242 cm³/mol. The molecule has 4 heteroatoms. The van der Waals surface area contributed by atoms with Crippen molar-refractivity contribution in [2.24, 2.45) is 0 Å². The van der Waals surface area contributed by atoms with E-state index in [1.54, 1.807) is 0 Å². The van der Waals surface area contributed by atoms with Gasteiger partial charge in [0.1, 0.15) is 0 Å². The van der Waals surface area contributed by atoms with Crippen molar-refractivity contribution in [2.75, 3.05) is 0 Å². The van der Waals surface area contributed by atoms with Gasteiger partial charge in [-0.2, -0.15) is 0 Å². The molecule has 0 fully saturated rings. The molecule has 0 aliphatic carbocycles. The highest BCUT2D eigenvalue weighted by Gasteiger charge is 2.14. The number of hydrogen-bond donors (Lipinski definition) is 0. The third-order valence-electron chi connectivity index (χ3n) is 10.8. The van der Waals surface area contributed by atoms with Crippen LogP contribution in [0, 0.1) is 0 Å². The average molecular weight is 757 g/mol. The minimum absolute atomic E-state index is 1.26. The maximum Gasteiger partial charge on any atom is 0.0355 e. The van der Waals surface area contributed by atoms with Gasteiger partial charge < -0.3 is 0 Å². The largest absolute Gasteiger partial charge is 0.135 e. The Morgan fingerprint density at radius 2 is 0.593 bits per heavy atom. The molecule has 12 aromatic rings. The van der Waals surface area contributed by atoms with Crippen LogP contribution < -0.4 is 0 Å². The highest BCUT2D eigenvalue weighted by atomic mass is 32.1. The van der Waals surface area contributed by atoms with Crippen LogP contribution >= 0.6 is 45.3 Å². The van der Waals surface area contributed by atoms with Crippen molar-refractivity contribution < 1.29 is 0 Å². The molecule has 0 nitrogen and oxygen atoms in total. The summed E-state index contributed by atoms with van der Waals surface area (Å²) in [6, 6.07) is 63.6. The number of thiophene rings is 4. The van der Waals surface area contributed by atoms with Gasteiger partial charge in [-0.25, -0.2) is 0 Å². The topological polar surface area (TPSA) is 0 Å². The Morgan fingerprint density at radius 1 is 0.222 bits per heavy atom. The average Bonchev–Trinajstić information content (AvgIpc) is 4.01. The third kappa shape index (κ3) is 4.99. The van der Waals surface area contributed by atoms with E-state index in [1.807, 2.05) is 45.3 Å². The van der Waals surface area contributed by atoms with Crippen LogP contribution in [0.5, 0.6) is 0 Å². The summed E-state index contributed by atoms with van der Waals surface area (Å²) in [6.45, 7) is 0. The Kier molecular flexibility index (Phi) is 6.81. The van der Waals surface area contributed by atoms with E-state index in [2.05, 4.69) is 170 Å². The molecule has 0 unspecified atom stereocenters. The van der Waals surface area contributed by atoms with E-state index in [9.17, 15) is 0 Å². The van der Waals surface area contributed by atoms with Gasteiger partial charge >= 0.3 is 0 Å². The molecule has 0 saturated carbocycles. The van der Waals surface area contributed by atoms with Crippen molar-refractivity contribution in [3.05, 3.63) is 170 Å². The zero-order chi connectivity index (χ0) is 35.3. The van der Waals surface area contributed by atoms with E-state index in [0.29, 0.717) is 0 Å². The van der Waals surface area contributed by atoms with E-state index >= 15 is 0 Å². The van der Waals surface area contributed by atoms with E-state index in [4.69, 9.17) is 0 Å².